The molecule has 0 saturated carbocycles. The van der Waals surface area contributed by atoms with E-state index in [4.69, 9.17) is 9.47 Å². The van der Waals surface area contributed by atoms with Gasteiger partial charge in [-0.2, -0.15) is 0 Å². The maximum absolute atomic E-state index is 13.6. The lowest BCUT2D eigenvalue weighted by Gasteiger charge is -2.40. The first kappa shape index (κ1) is 23.2. The molecule has 0 amide bonds. The highest BCUT2D eigenvalue weighted by molar-refractivity contribution is 6.32. The lowest BCUT2D eigenvalue weighted by atomic mass is 9.81. The van der Waals surface area contributed by atoms with Crippen LogP contribution in [0, 0.1) is 6.92 Å². The van der Waals surface area contributed by atoms with Crippen molar-refractivity contribution in [2.24, 2.45) is 0 Å². The average Bonchev–Trinajstić information content (AvgIpc) is 2.82. The first-order valence-electron chi connectivity index (χ1n) is 10.8. The largest absolute Gasteiger partial charge is 0.508 e. The predicted octanol–water partition coefficient (Wildman–Crippen LogP) is 0.514. The fraction of sp³-hybridized carbons (Fsp3) is 0.280. The van der Waals surface area contributed by atoms with Crippen LogP contribution < -0.4 is 4.74 Å². The fourth-order valence-corrected chi connectivity index (χ4v) is 4.61. The summed E-state index contributed by atoms with van der Waals surface area (Å²) in [7, 11) is 0. The van der Waals surface area contributed by atoms with Gasteiger partial charge in [-0.25, -0.2) is 0 Å². The van der Waals surface area contributed by atoms with E-state index in [9.17, 15) is 40.2 Å². The van der Waals surface area contributed by atoms with Crippen LogP contribution in [0.3, 0.4) is 0 Å². The molecular weight excluding hydrogens is 460 g/mol. The van der Waals surface area contributed by atoms with E-state index in [1.54, 1.807) is 6.92 Å². The molecule has 1 fully saturated rings. The Morgan fingerprint density at radius 3 is 2.31 bits per heavy atom. The summed E-state index contributed by atoms with van der Waals surface area (Å²) >= 11 is 0. The van der Waals surface area contributed by atoms with Crippen LogP contribution >= 0.6 is 0 Å². The van der Waals surface area contributed by atoms with E-state index in [1.807, 2.05) is 0 Å². The van der Waals surface area contributed by atoms with E-state index in [2.05, 4.69) is 0 Å². The second-order valence-electron chi connectivity index (χ2n) is 8.71. The number of ketones is 2. The molecule has 10 heteroatoms. The highest BCUT2D eigenvalue weighted by Gasteiger charge is 2.46. The molecule has 1 heterocycles. The summed E-state index contributed by atoms with van der Waals surface area (Å²) in [5.41, 5.74) is 0.138. The van der Waals surface area contributed by atoms with Crippen LogP contribution in [0.15, 0.2) is 36.4 Å². The molecule has 5 unspecified atom stereocenters. The Kier molecular flexibility index (Phi) is 5.50. The van der Waals surface area contributed by atoms with Gasteiger partial charge in [0.2, 0.25) is 12.1 Å². The third-order valence-electron chi connectivity index (χ3n) is 6.37. The summed E-state index contributed by atoms with van der Waals surface area (Å²) in [5.74, 6) is -2.07. The molecule has 1 aliphatic carbocycles. The zero-order valence-electron chi connectivity index (χ0n) is 18.4. The molecule has 182 valence electrons. The maximum Gasteiger partial charge on any atom is 0.229 e. The van der Waals surface area contributed by atoms with Crippen LogP contribution in [-0.2, 0) is 4.74 Å². The van der Waals surface area contributed by atoms with Gasteiger partial charge in [-0.3, -0.25) is 9.59 Å². The van der Waals surface area contributed by atoms with Crippen LogP contribution in [0.1, 0.15) is 37.4 Å². The van der Waals surface area contributed by atoms with Crippen LogP contribution in [0.5, 0.6) is 17.2 Å². The van der Waals surface area contributed by atoms with Gasteiger partial charge in [-0.05, 0) is 48.2 Å². The number of aliphatic hydroxyl groups is 4. The molecule has 5 atom stereocenters. The molecule has 5 rings (SSSR count). The van der Waals surface area contributed by atoms with Gasteiger partial charge in [0.25, 0.3) is 0 Å². The highest BCUT2D eigenvalue weighted by atomic mass is 16.7. The first-order valence-corrected chi connectivity index (χ1v) is 10.8. The van der Waals surface area contributed by atoms with Gasteiger partial charge in [0.1, 0.15) is 41.7 Å². The number of benzene rings is 3. The van der Waals surface area contributed by atoms with E-state index >= 15 is 0 Å². The molecule has 35 heavy (non-hydrogen) atoms. The fourth-order valence-electron chi connectivity index (χ4n) is 4.61. The average molecular weight is 482 g/mol. The molecule has 0 aromatic heterocycles. The van der Waals surface area contributed by atoms with Gasteiger partial charge >= 0.3 is 0 Å². The Morgan fingerprint density at radius 2 is 1.60 bits per heavy atom. The summed E-state index contributed by atoms with van der Waals surface area (Å²) in [4.78, 5) is 27.0. The summed E-state index contributed by atoms with van der Waals surface area (Å²) < 4.78 is 11.3. The molecule has 0 bridgehead atoms. The van der Waals surface area contributed by atoms with Crippen molar-refractivity contribution >= 4 is 22.3 Å². The topological polar surface area (TPSA) is 174 Å². The zero-order chi connectivity index (χ0) is 25.2. The Bertz CT molecular complexity index is 1380. The number of aromatic hydroxyl groups is 2. The molecule has 2 aliphatic rings. The van der Waals surface area contributed by atoms with Gasteiger partial charge in [0.05, 0.1) is 17.7 Å². The lowest BCUT2D eigenvalue weighted by molar-refractivity contribution is -0.277. The third kappa shape index (κ3) is 3.54. The van der Waals surface area contributed by atoms with E-state index in [0.717, 1.165) is 0 Å². The van der Waals surface area contributed by atoms with Crippen molar-refractivity contribution in [3.63, 3.8) is 0 Å². The standard InChI is InChI=1S/C25H22O10/c1-9-4-13-17(15(28)5-9)21(31)18-14(19(13)29)6-10-2-3-11(27)7-12(10)24(18)35-25-23(33)22(32)20(30)16(8-26)34-25/h2-7,16,20,22-23,25-28,30,32-33H,8H2,1H3. The Morgan fingerprint density at radius 1 is 0.886 bits per heavy atom. The van der Waals surface area contributed by atoms with Crippen molar-refractivity contribution in [1.29, 1.82) is 0 Å². The summed E-state index contributed by atoms with van der Waals surface area (Å²) in [6, 6.07) is 8.49. The quantitative estimate of drug-likeness (QED) is 0.241. The summed E-state index contributed by atoms with van der Waals surface area (Å²) in [5, 5.41) is 61.4. The van der Waals surface area contributed by atoms with Crippen LogP contribution in [0.2, 0.25) is 0 Å². The summed E-state index contributed by atoms with van der Waals surface area (Å²) in [6.07, 6.45) is -8.08. The first-order chi connectivity index (χ1) is 16.6. The van der Waals surface area contributed by atoms with Gasteiger partial charge in [-0.15, -0.1) is 0 Å². The molecule has 3 aromatic rings. The molecule has 10 nitrogen and oxygen atoms in total. The van der Waals surface area contributed by atoms with Gasteiger partial charge < -0.3 is 40.1 Å². The monoisotopic (exact) mass is 482 g/mol. The van der Waals surface area contributed by atoms with Crippen molar-refractivity contribution in [1.82, 2.24) is 0 Å². The van der Waals surface area contributed by atoms with Crippen LogP contribution in [0.4, 0.5) is 0 Å². The minimum Gasteiger partial charge on any atom is -0.508 e. The number of carbonyl (C=O) groups is 2. The predicted molar refractivity (Wildman–Crippen MR) is 120 cm³/mol. The second kappa shape index (κ2) is 8.29. The van der Waals surface area contributed by atoms with Crippen molar-refractivity contribution in [3.8, 4) is 17.2 Å². The molecular formula is C25H22O10. The number of ether oxygens (including phenoxy) is 2. The van der Waals surface area contributed by atoms with E-state index in [-0.39, 0.29) is 39.1 Å². The van der Waals surface area contributed by atoms with Crippen molar-refractivity contribution < 1.29 is 49.7 Å². The second-order valence-corrected chi connectivity index (χ2v) is 8.71. The number of aliphatic hydroxyl groups excluding tert-OH is 4. The van der Waals surface area contributed by atoms with Gasteiger partial charge in [0.15, 0.2) is 5.78 Å². The zero-order valence-corrected chi connectivity index (χ0v) is 18.4. The third-order valence-corrected chi connectivity index (χ3v) is 6.37. The molecule has 0 radical (unpaired) electrons. The minimum atomic E-state index is -1.78. The number of aryl methyl sites for hydroxylation is 1. The normalized spacial score (nSPS) is 25.9. The number of phenols is 2. The summed E-state index contributed by atoms with van der Waals surface area (Å²) in [6.45, 7) is 0.974. The van der Waals surface area contributed by atoms with E-state index in [0.29, 0.717) is 10.9 Å². The lowest BCUT2D eigenvalue weighted by Crippen LogP contribution is -2.60. The van der Waals surface area contributed by atoms with Crippen LogP contribution in [-0.4, -0.2) is 79.5 Å². The number of carbonyl (C=O) groups excluding carboxylic acids is 2. The smallest absolute Gasteiger partial charge is 0.229 e. The molecule has 3 aromatic carbocycles. The van der Waals surface area contributed by atoms with Gasteiger partial charge in [-0.1, -0.05) is 6.07 Å². The van der Waals surface area contributed by atoms with Crippen molar-refractivity contribution in [2.45, 2.75) is 37.6 Å². The van der Waals surface area contributed by atoms with Crippen molar-refractivity contribution in [2.75, 3.05) is 6.61 Å². The number of rotatable bonds is 3. The molecule has 1 saturated heterocycles. The Hall–Kier alpha value is -3.54. The van der Waals surface area contributed by atoms with E-state index < -0.39 is 54.6 Å². The molecule has 1 aliphatic heterocycles. The number of phenolic OH excluding ortho intramolecular Hbond substituents is 2. The highest BCUT2D eigenvalue weighted by Crippen LogP contribution is 2.43. The number of hydrogen-bond acceptors (Lipinski definition) is 10. The molecule has 6 N–H and O–H groups in total. The molecule has 0 spiro atoms. The van der Waals surface area contributed by atoms with Crippen LogP contribution in [0.25, 0.3) is 10.8 Å². The SMILES string of the molecule is Cc1cc(O)c2c(c1)C(=O)c1cc3ccc(O)cc3c(OC3OC(CO)C(O)C(O)C3O)c1C2=O. The number of fused-ring (bicyclic) bond motifs is 3. The maximum atomic E-state index is 13.6. The Balaban J connectivity index is 1.73. The Labute approximate surface area is 198 Å². The van der Waals surface area contributed by atoms with E-state index in [1.165, 1.54) is 36.4 Å². The minimum absolute atomic E-state index is 0.0229. The van der Waals surface area contributed by atoms with Gasteiger partial charge in [0, 0.05) is 16.5 Å². The number of hydrogen-bond donors (Lipinski definition) is 6. The van der Waals surface area contributed by atoms with Crippen molar-refractivity contribution in [3.05, 3.63) is 64.2 Å².